The van der Waals surface area contributed by atoms with Gasteiger partial charge in [-0.15, -0.1) is 0 Å². The van der Waals surface area contributed by atoms with E-state index in [2.05, 4.69) is 10.6 Å². The van der Waals surface area contributed by atoms with Crippen molar-refractivity contribution in [2.45, 2.75) is 50.7 Å². The predicted octanol–water partition coefficient (Wildman–Crippen LogP) is 1.51. The molecule has 1 aromatic rings. The molecule has 0 unspecified atom stereocenters. The fourth-order valence-electron chi connectivity index (χ4n) is 2.87. The zero-order valence-corrected chi connectivity index (χ0v) is 15.9. The summed E-state index contributed by atoms with van der Waals surface area (Å²) in [5, 5.41) is 14.1. The Morgan fingerprint density at radius 1 is 1.23 bits per heavy atom. The first-order valence-electron chi connectivity index (χ1n) is 8.51. The number of benzene rings is 1. The van der Waals surface area contributed by atoms with Crippen molar-refractivity contribution in [1.29, 1.82) is 0 Å². The number of carbonyl (C=O) groups is 2. The molecule has 1 aromatic carbocycles. The third-order valence-corrected chi connectivity index (χ3v) is 6.27. The number of hydrogen-bond acceptors (Lipinski definition) is 4. The van der Waals surface area contributed by atoms with Crippen LogP contribution in [0.2, 0.25) is 0 Å². The lowest BCUT2D eigenvalue weighted by Crippen LogP contribution is -2.54. The molecule has 26 heavy (non-hydrogen) atoms. The zero-order chi connectivity index (χ0) is 19.5. The van der Waals surface area contributed by atoms with Crippen LogP contribution in [0.1, 0.15) is 32.3 Å². The standard InChI is InChI=1S/C17H25N3O5S/c1-11(2)15(16(21)22)19-17(23)18-14-5-4-10-20(14)26(24,25)13-8-6-12(3)7-9-13/h6-9,11,14-15H,4-5,10H2,1-3H3,(H,21,22)(H2,18,19,23)/t14-,15+/m1/s1. The first kappa shape index (κ1) is 20.2. The molecule has 0 saturated carbocycles. The van der Waals surface area contributed by atoms with Crippen molar-refractivity contribution in [2.24, 2.45) is 5.92 Å². The van der Waals surface area contributed by atoms with Crippen LogP contribution in [0.15, 0.2) is 29.2 Å². The molecule has 1 fully saturated rings. The number of rotatable bonds is 6. The lowest BCUT2D eigenvalue weighted by molar-refractivity contribution is -0.140. The van der Waals surface area contributed by atoms with Crippen LogP contribution < -0.4 is 10.6 Å². The molecule has 1 saturated heterocycles. The minimum Gasteiger partial charge on any atom is -0.480 e. The highest BCUT2D eigenvalue weighted by molar-refractivity contribution is 7.89. The molecule has 0 spiro atoms. The number of hydrogen-bond donors (Lipinski definition) is 3. The van der Waals surface area contributed by atoms with Gasteiger partial charge >= 0.3 is 12.0 Å². The van der Waals surface area contributed by atoms with E-state index in [-0.39, 0.29) is 10.8 Å². The van der Waals surface area contributed by atoms with Gasteiger partial charge in [-0.3, -0.25) is 0 Å². The average Bonchev–Trinajstić information content (AvgIpc) is 3.01. The fraction of sp³-hybridized carbons (Fsp3) is 0.529. The first-order chi connectivity index (χ1) is 12.1. The van der Waals surface area contributed by atoms with E-state index < -0.39 is 34.2 Å². The molecule has 2 rings (SSSR count). The van der Waals surface area contributed by atoms with Crippen molar-refractivity contribution in [3.8, 4) is 0 Å². The molecule has 3 N–H and O–H groups in total. The van der Waals surface area contributed by atoms with Gasteiger partial charge in [-0.25, -0.2) is 18.0 Å². The number of aryl methyl sites for hydroxylation is 1. The van der Waals surface area contributed by atoms with Gasteiger partial charge in [0.15, 0.2) is 0 Å². The van der Waals surface area contributed by atoms with Crippen molar-refractivity contribution in [3.05, 3.63) is 29.8 Å². The summed E-state index contributed by atoms with van der Waals surface area (Å²) in [5.41, 5.74) is 0.952. The van der Waals surface area contributed by atoms with Crippen molar-refractivity contribution in [1.82, 2.24) is 14.9 Å². The van der Waals surface area contributed by atoms with Crippen LogP contribution in [0.25, 0.3) is 0 Å². The van der Waals surface area contributed by atoms with Gasteiger partial charge in [-0.1, -0.05) is 31.5 Å². The highest BCUT2D eigenvalue weighted by atomic mass is 32.2. The zero-order valence-electron chi connectivity index (χ0n) is 15.1. The number of sulfonamides is 1. The normalized spacial score (nSPS) is 19.3. The van der Waals surface area contributed by atoms with E-state index in [1.807, 2.05) is 6.92 Å². The lowest BCUT2D eigenvalue weighted by Gasteiger charge is -2.26. The van der Waals surface area contributed by atoms with E-state index in [4.69, 9.17) is 5.11 Å². The number of amides is 2. The summed E-state index contributed by atoms with van der Waals surface area (Å²) in [4.78, 5) is 23.5. The minimum absolute atomic E-state index is 0.169. The average molecular weight is 383 g/mol. The molecule has 0 aromatic heterocycles. The van der Waals surface area contributed by atoms with Crippen molar-refractivity contribution >= 4 is 22.0 Å². The van der Waals surface area contributed by atoms with E-state index in [1.54, 1.807) is 38.1 Å². The smallest absolute Gasteiger partial charge is 0.326 e. The van der Waals surface area contributed by atoms with Gasteiger partial charge in [-0.05, 0) is 37.8 Å². The van der Waals surface area contributed by atoms with Crippen LogP contribution >= 0.6 is 0 Å². The van der Waals surface area contributed by atoms with Gasteiger partial charge in [0, 0.05) is 6.54 Å². The Hall–Kier alpha value is -2.13. The largest absolute Gasteiger partial charge is 0.480 e. The van der Waals surface area contributed by atoms with Gasteiger partial charge in [0.25, 0.3) is 0 Å². The second-order valence-corrected chi connectivity index (χ2v) is 8.66. The Balaban J connectivity index is 2.11. The summed E-state index contributed by atoms with van der Waals surface area (Å²) in [6.45, 7) is 5.54. The molecule has 0 bridgehead atoms. The number of aliphatic carboxylic acids is 1. The van der Waals surface area contributed by atoms with Crippen LogP contribution in [0, 0.1) is 12.8 Å². The van der Waals surface area contributed by atoms with E-state index in [0.29, 0.717) is 19.4 Å². The molecule has 144 valence electrons. The fourth-order valence-corrected chi connectivity index (χ4v) is 4.48. The summed E-state index contributed by atoms with van der Waals surface area (Å²) < 4.78 is 26.9. The van der Waals surface area contributed by atoms with Gasteiger partial charge in [0.05, 0.1) is 11.1 Å². The quantitative estimate of drug-likeness (QED) is 0.689. The molecule has 1 aliphatic heterocycles. The Morgan fingerprint density at radius 2 is 1.85 bits per heavy atom. The number of nitrogens with one attached hydrogen (secondary N) is 2. The van der Waals surface area contributed by atoms with Gasteiger partial charge in [0.1, 0.15) is 6.04 Å². The lowest BCUT2D eigenvalue weighted by atomic mass is 10.1. The van der Waals surface area contributed by atoms with Crippen LogP contribution in [-0.2, 0) is 14.8 Å². The van der Waals surface area contributed by atoms with E-state index in [9.17, 15) is 18.0 Å². The SMILES string of the molecule is Cc1ccc(S(=O)(=O)N2CCC[C@@H]2NC(=O)N[C@H](C(=O)O)C(C)C)cc1. The maximum Gasteiger partial charge on any atom is 0.326 e. The Kier molecular flexibility index (Phi) is 6.25. The molecule has 2 atom stereocenters. The molecule has 8 nitrogen and oxygen atoms in total. The summed E-state index contributed by atoms with van der Waals surface area (Å²) in [6.07, 6.45) is 0.378. The Bertz CT molecular complexity index is 761. The highest BCUT2D eigenvalue weighted by Crippen LogP contribution is 2.25. The molecular formula is C17H25N3O5S. The number of carboxylic acid groups (broad SMARTS) is 1. The van der Waals surface area contributed by atoms with Gasteiger partial charge < -0.3 is 15.7 Å². The molecule has 2 amide bonds. The highest BCUT2D eigenvalue weighted by Gasteiger charge is 2.36. The van der Waals surface area contributed by atoms with Crippen molar-refractivity contribution < 1.29 is 23.1 Å². The Morgan fingerprint density at radius 3 is 2.38 bits per heavy atom. The van der Waals surface area contributed by atoms with E-state index in [1.165, 1.54) is 4.31 Å². The topological polar surface area (TPSA) is 116 Å². The monoisotopic (exact) mass is 383 g/mol. The molecule has 9 heteroatoms. The molecule has 1 heterocycles. The molecule has 0 aliphatic carbocycles. The van der Waals surface area contributed by atoms with Crippen LogP contribution in [0.5, 0.6) is 0 Å². The summed E-state index contributed by atoms with van der Waals surface area (Å²) in [6, 6.07) is 4.79. The summed E-state index contributed by atoms with van der Waals surface area (Å²) >= 11 is 0. The van der Waals surface area contributed by atoms with Crippen molar-refractivity contribution in [2.75, 3.05) is 6.54 Å². The van der Waals surface area contributed by atoms with Gasteiger partial charge in [-0.2, -0.15) is 4.31 Å². The second-order valence-electron chi connectivity index (χ2n) is 6.76. The van der Waals surface area contributed by atoms with E-state index >= 15 is 0 Å². The number of nitrogens with zero attached hydrogens (tertiary/aromatic N) is 1. The second kappa shape index (κ2) is 8.05. The summed E-state index contributed by atoms with van der Waals surface area (Å²) in [7, 11) is -3.74. The third-order valence-electron chi connectivity index (χ3n) is 4.35. The number of carbonyl (C=O) groups excluding carboxylic acids is 1. The third kappa shape index (κ3) is 4.53. The summed E-state index contributed by atoms with van der Waals surface area (Å²) in [5.74, 6) is -1.43. The number of urea groups is 1. The molecule has 1 aliphatic rings. The molecule has 0 radical (unpaired) electrons. The maximum absolute atomic E-state index is 12.8. The number of carboxylic acids is 1. The van der Waals surface area contributed by atoms with E-state index in [0.717, 1.165) is 5.56 Å². The maximum atomic E-state index is 12.8. The Labute approximate surface area is 153 Å². The van der Waals surface area contributed by atoms with Crippen LogP contribution in [0.3, 0.4) is 0 Å². The van der Waals surface area contributed by atoms with Gasteiger partial charge in [0.2, 0.25) is 10.0 Å². The predicted molar refractivity (Wildman–Crippen MR) is 96.0 cm³/mol. The van der Waals surface area contributed by atoms with Crippen molar-refractivity contribution in [3.63, 3.8) is 0 Å². The van der Waals surface area contributed by atoms with Crippen LogP contribution in [0.4, 0.5) is 4.79 Å². The van der Waals surface area contributed by atoms with Crippen LogP contribution in [-0.4, -0.2) is 48.6 Å². The minimum atomic E-state index is -3.74. The first-order valence-corrected chi connectivity index (χ1v) is 9.95. The molecular weight excluding hydrogens is 358 g/mol.